The van der Waals surface area contributed by atoms with Crippen LogP contribution in [0, 0.1) is 0 Å². The lowest BCUT2D eigenvalue weighted by molar-refractivity contribution is -0.184. The van der Waals surface area contributed by atoms with E-state index in [2.05, 4.69) is 19.2 Å². The smallest absolute Gasteiger partial charge is 0.407 e. The Labute approximate surface area is 187 Å². The van der Waals surface area contributed by atoms with Crippen LogP contribution in [-0.4, -0.2) is 43.0 Å². The molecule has 0 radical (unpaired) electrons. The SMILES string of the molecule is CCCCCCCCC(CCCCCCCC)ON(C)CCNC(=O)OC(C)(C)C. The van der Waals surface area contributed by atoms with Gasteiger partial charge in [0.05, 0.1) is 6.10 Å². The van der Waals surface area contributed by atoms with Crippen molar-refractivity contribution in [3.63, 3.8) is 0 Å². The van der Waals surface area contributed by atoms with Gasteiger partial charge in [-0.05, 0) is 33.6 Å². The molecule has 30 heavy (non-hydrogen) atoms. The number of likely N-dealkylation sites (N-methyl/N-ethyl adjacent to an activating group) is 1. The number of rotatable bonds is 19. The molecule has 1 amide bonds. The highest BCUT2D eigenvalue weighted by Gasteiger charge is 2.16. The Morgan fingerprint density at radius 2 is 1.30 bits per heavy atom. The van der Waals surface area contributed by atoms with Gasteiger partial charge in [-0.15, -0.1) is 0 Å². The van der Waals surface area contributed by atoms with Gasteiger partial charge in [-0.25, -0.2) is 4.79 Å². The Morgan fingerprint density at radius 1 is 0.833 bits per heavy atom. The summed E-state index contributed by atoms with van der Waals surface area (Å²) in [5.41, 5.74) is -0.466. The second-order valence-corrected chi connectivity index (χ2v) is 9.62. The van der Waals surface area contributed by atoms with Crippen LogP contribution >= 0.6 is 0 Å². The van der Waals surface area contributed by atoms with Gasteiger partial charge < -0.3 is 10.1 Å². The van der Waals surface area contributed by atoms with Crippen LogP contribution in [0.2, 0.25) is 0 Å². The summed E-state index contributed by atoms with van der Waals surface area (Å²) >= 11 is 0. The summed E-state index contributed by atoms with van der Waals surface area (Å²) in [6.07, 6.45) is 18.0. The first-order valence-electron chi connectivity index (χ1n) is 12.6. The number of amides is 1. The Morgan fingerprint density at radius 3 is 1.77 bits per heavy atom. The summed E-state index contributed by atoms with van der Waals surface area (Å²) in [6.45, 7) is 11.3. The van der Waals surface area contributed by atoms with E-state index in [1.165, 1.54) is 77.0 Å². The monoisotopic (exact) mass is 428 g/mol. The molecule has 1 N–H and O–H groups in total. The molecule has 0 aromatic rings. The zero-order valence-electron chi connectivity index (χ0n) is 21.1. The predicted octanol–water partition coefficient (Wildman–Crippen LogP) is 7.24. The molecule has 0 aliphatic carbocycles. The lowest BCUT2D eigenvalue weighted by atomic mass is 10.0. The van der Waals surface area contributed by atoms with Crippen molar-refractivity contribution in [1.29, 1.82) is 0 Å². The second-order valence-electron chi connectivity index (χ2n) is 9.62. The van der Waals surface area contributed by atoms with Crippen LogP contribution in [0.4, 0.5) is 4.79 Å². The molecule has 0 saturated carbocycles. The van der Waals surface area contributed by atoms with Gasteiger partial charge in [0, 0.05) is 20.1 Å². The van der Waals surface area contributed by atoms with E-state index in [4.69, 9.17) is 9.57 Å². The van der Waals surface area contributed by atoms with Crippen molar-refractivity contribution in [2.45, 2.75) is 136 Å². The number of nitrogens with one attached hydrogen (secondary N) is 1. The zero-order chi connectivity index (χ0) is 22.7. The first-order chi connectivity index (χ1) is 14.3. The van der Waals surface area contributed by atoms with E-state index < -0.39 is 5.60 Å². The van der Waals surface area contributed by atoms with Crippen LogP contribution in [0.15, 0.2) is 0 Å². The number of nitrogens with zero attached hydrogens (tertiary/aromatic N) is 1. The summed E-state index contributed by atoms with van der Waals surface area (Å²) in [7, 11) is 1.96. The van der Waals surface area contributed by atoms with E-state index in [-0.39, 0.29) is 12.2 Å². The highest BCUT2D eigenvalue weighted by Crippen LogP contribution is 2.17. The molecule has 0 rings (SSSR count). The molecule has 180 valence electrons. The minimum absolute atomic E-state index is 0.286. The Bertz CT molecular complexity index is 380. The number of hydrogen-bond donors (Lipinski definition) is 1. The largest absolute Gasteiger partial charge is 0.444 e. The Kier molecular flexibility index (Phi) is 18.4. The number of ether oxygens (including phenoxy) is 1. The molecule has 0 aliphatic heterocycles. The first-order valence-corrected chi connectivity index (χ1v) is 12.6. The summed E-state index contributed by atoms with van der Waals surface area (Å²) in [5, 5.41) is 4.69. The van der Waals surface area contributed by atoms with Gasteiger partial charge >= 0.3 is 6.09 Å². The third-order valence-corrected chi connectivity index (χ3v) is 5.18. The maximum Gasteiger partial charge on any atom is 0.407 e. The summed E-state index contributed by atoms with van der Waals surface area (Å²) in [6, 6.07) is 0. The van der Waals surface area contributed by atoms with Crippen molar-refractivity contribution in [3.05, 3.63) is 0 Å². The van der Waals surface area contributed by atoms with Crippen LogP contribution in [0.1, 0.15) is 125 Å². The molecule has 0 aromatic heterocycles. The third-order valence-electron chi connectivity index (χ3n) is 5.18. The van der Waals surface area contributed by atoms with Crippen LogP contribution < -0.4 is 5.32 Å². The standard InChI is InChI=1S/C25H52N2O3/c1-7-9-11-13-15-17-19-23(20-18-16-14-12-10-8-2)30-27(6)22-21-26-24(28)29-25(3,4)5/h23H,7-22H2,1-6H3,(H,26,28). The number of alkyl carbamates (subject to hydrolysis) is 1. The van der Waals surface area contributed by atoms with E-state index in [9.17, 15) is 4.79 Å². The minimum Gasteiger partial charge on any atom is -0.444 e. The fourth-order valence-electron chi connectivity index (χ4n) is 3.49. The van der Waals surface area contributed by atoms with E-state index in [1.54, 1.807) is 0 Å². The predicted molar refractivity (Wildman–Crippen MR) is 128 cm³/mol. The molecule has 0 heterocycles. The van der Waals surface area contributed by atoms with Gasteiger partial charge in [-0.2, -0.15) is 5.06 Å². The van der Waals surface area contributed by atoms with Crippen molar-refractivity contribution in [2.75, 3.05) is 20.1 Å². The van der Waals surface area contributed by atoms with E-state index in [0.29, 0.717) is 13.1 Å². The molecule has 0 unspecified atom stereocenters. The normalized spacial score (nSPS) is 12.0. The number of carbonyl (C=O) groups is 1. The molecular weight excluding hydrogens is 376 g/mol. The van der Waals surface area contributed by atoms with E-state index in [1.807, 2.05) is 32.9 Å². The highest BCUT2D eigenvalue weighted by atomic mass is 16.7. The topological polar surface area (TPSA) is 50.8 Å². The maximum atomic E-state index is 11.8. The number of hydrogen-bond acceptors (Lipinski definition) is 4. The summed E-state index contributed by atoms with van der Waals surface area (Å²) < 4.78 is 5.28. The molecule has 0 aliphatic rings. The van der Waals surface area contributed by atoms with Gasteiger partial charge in [0.15, 0.2) is 0 Å². The molecular formula is C25H52N2O3. The molecule has 0 saturated heterocycles. The number of carbonyl (C=O) groups excluding carboxylic acids is 1. The molecule has 0 aromatic carbocycles. The van der Waals surface area contributed by atoms with Crippen molar-refractivity contribution >= 4 is 6.09 Å². The number of hydroxylamine groups is 2. The molecule has 5 heteroatoms. The molecule has 5 nitrogen and oxygen atoms in total. The van der Waals surface area contributed by atoms with Gasteiger partial charge in [-0.3, -0.25) is 4.84 Å². The Balaban J connectivity index is 4.18. The van der Waals surface area contributed by atoms with Gasteiger partial charge in [0.2, 0.25) is 0 Å². The fraction of sp³-hybridized carbons (Fsp3) is 0.960. The lowest BCUT2D eigenvalue weighted by Gasteiger charge is -2.25. The average molecular weight is 429 g/mol. The van der Waals surface area contributed by atoms with Crippen LogP contribution in [0.5, 0.6) is 0 Å². The third kappa shape index (κ3) is 20.5. The maximum absolute atomic E-state index is 11.8. The second kappa shape index (κ2) is 18.9. The van der Waals surface area contributed by atoms with Crippen molar-refractivity contribution in [3.8, 4) is 0 Å². The van der Waals surface area contributed by atoms with Crippen LogP contribution in [-0.2, 0) is 9.57 Å². The van der Waals surface area contributed by atoms with Crippen LogP contribution in [0.25, 0.3) is 0 Å². The number of unbranched alkanes of at least 4 members (excludes halogenated alkanes) is 10. The molecule has 0 spiro atoms. The quantitative estimate of drug-likeness (QED) is 0.174. The summed E-state index contributed by atoms with van der Waals surface area (Å²) in [4.78, 5) is 18.0. The molecule has 0 bridgehead atoms. The average Bonchev–Trinajstić information content (AvgIpc) is 2.65. The molecule has 0 fully saturated rings. The zero-order valence-corrected chi connectivity index (χ0v) is 21.1. The fourth-order valence-corrected chi connectivity index (χ4v) is 3.49. The van der Waals surface area contributed by atoms with Crippen molar-refractivity contribution in [1.82, 2.24) is 10.4 Å². The summed E-state index contributed by atoms with van der Waals surface area (Å²) in [5.74, 6) is 0. The van der Waals surface area contributed by atoms with Gasteiger partial charge in [0.25, 0.3) is 0 Å². The van der Waals surface area contributed by atoms with Gasteiger partial charge in [0.1, 0.15) is 5.60 Å². The van der Waals surface area contributed by atoms with Crippen molar-refractivity contribution in [2.24, 2.45) is 0 Å². The van der Waals surface area contributed by atoms with Crippen LogP contribution in [0.3, 0.4) is 0 Å². The lowest BCUT2D eigenvalue weighted by Crippen LogP contribution is -2.38. The van der Waals surface area contributed by atoms with E-state index in [0.717, 1.165) is 12.8 Å². The highest BCUT2D eigenvalue weighted by molar-refractivity contribution is 5.67. The Hall–Kier alpha value is -0.810. The molecule has 0 atom stereocenters. The van der Waals surface area contributed by atoms with E-state index >= 15 is 0 Å². The first kappa shape index (κ1) is 29.2. The van der Waals surface area contributed by atoms with Crippen molar-refractivity contribution < 1.29 is 14.4 Å². The van der Waals surface area contributed by atoms with Gasteiger partial charge in [-0.1, -0.05) is 90.9 Å². The minimum atomic E-state index is -0.466.